The van der Waals surface area contributed by atoms with Crippen LogP contribution in [0.1, 0.15) is 30.5 Å². The van der Waals surface area contributed by atoms with Crippen LogP contribution >= 0.6 is 11.3 Å². The molecule has 2 N–H and O–H groups in total. The highest BCUT2D eigenvalue weighted by molar-refractivity contribution is 7.23. The first kappa shape index (κ1) is 11.7. The molecule has 1 aromatic carbocycles. The average Bonchev–Trinajstić information content (AvgIpc) is 2.86. The van der Waals surface area contributed by atoms with E-state index in [0.29, 0.717) is 12.5 Å². The molecular weight excluding hydrogens is 242 g/mol. The highest BCUT2D eigenvalue weighted by atomic mass is 32.1. The zero-order chi connectivity index (χ0) is 12.7. The largest absolute Gasteiger partial charge is 0.330 e. The van der Waals surface area contributed by atoms with Gasteiger partial charge >= 0.3 is 0 Å². The Hall–Kier alpha value is -1.39. The van der Waals surface area contributed by atoms with Crippen LogP contribution in [0.3, 0.4) is 0 Å². The molecule has 0 fully saturated rings. The Morgan fingerprint density at radius 2 is 2.28 bits per heavy atom. The summed E-state index contributed by atoms with van der Waals surface area (Å²) in [6.07, 6.45) is 3.18. The topological polar surface area (TPSA) is 43.3 Å². The lowest BCUT2D eigenvalue weighted by Gasteiger charge is -2.12. The number of imidazole rings is 1. The zero-order valence-electron chi connectivity index (χ0n) is 10.7. The van der Waals surface area contributed by atoms with Gasteiger partial charge in [-0.1, -0.05) is 24.3 Å². The predicted octanol–water partition coefficient (Wildman–Crippen LogP) is 3.31. The Morgan fingerprint density at radius 1 is 1.44 bits per heavy atom. The molecule has 3 rings (SSSR count). The lowest BCUT2D eigenvalue weighted by Crippen LogP contribution is -2.11. The number of thiazole rings is 1. The number of rotatable bonds is 3. The van der Waals surface area contributed by atoms with E-state index in [9.17, 15) is 0 Å². The Labute approximate surface area is 110 Å². The minimum Gasteiger partial charge on any atom is -0.330 e. The fraction of sp³-hybridized carbons (Fsp3) is 0.357. The molecule has 0 spiro atoms. The maximum Gasteiger partial charge on any atom is 0.194 e. The summed E-state index contributed by atoms with van der Waals surface area (Å²) in [4.78, 5) is 5.59. The first-order valence-corrected chi connectivity index (χ1v) is 7.12. The van der Waals surface area contributed by atoms with Gasteiger partial charge in [0.1, 0.15) is 0 Å². The van der Waals surface area contributed by atoms with Gasteiger partial charge in [0.05, 0.1) is 15.9 Å². The Balaban J connectivity index is 2.18. The summed E-state index contributed by atoms with van der Waals surface area (Å²) in [5, 5.41) is 0. The molecule has 1 unspecified atom stereocenters. The van der Waals surface area contributed by atoms with Crippen LogP contribution in [0.2, 0.25) is 0 Å². The van der Waals surface area contributed by atoms with E-state index in [-0.39, 0.29) is 0 Å². The third-order valence-corrected chi connectivity index (χ3v) is 4.50. The molecule has 2 aromatic heterocycles. The van der Waals surface area contributed by atoms with Gasteiger partial charge in [-0.25, -0.2) is 4.98 Å². The quantitative estimate of drug-likeness (QED) is 0.784. The molecule has 18 heavy (non-hydrogen) atoms. The van der Waals surface area contributed by atoms with E-state index in [4.69, 9.17) is 5.73 Å². The first-order valence-electron chi connectivity index (χ1n) is 6.31. The summed E-state index contributed by atoms with van der Waals surface area (Å²) in [5.74, 6) is 0.463. The third kappa shape index (κ3) is 1.72. The molecule has 4 heteroatoms. The maximum absolute atomic E-state index is 5.82. The molecule has 0 aliphatic carbocycles. The van der Waals surface area contributed by atoms with Gasteiger partial charge in [0, 0.05) is 6.20 Å². The number of aryl methyl sites for hydroxylation is 1. The van der Waals surface area contributed by atoms with Crippen molar-refractivity contribution < 1.29 is 0 Å². The lowest BCUT2D eigenvalue weighted by atomic mass is 9.97. The fourth-order valence-electron chi connectivity index (χ4n) is 2.42. The van der Waals surface area contributed by atoms with Crippen LogP contribution in [-0.2, 0) is 0 Å². The van der Waals surface area contributed by atoms with E-state index in [2.05, 4.69) is 40.7 Å². The second-order valence-electron chi connectivity index (χ2n) is 4.70. The van der Waals surface area contributed by atoms with Gasteiger partial charge in [-0.05, 0) is 43.5 Å². The molecule has 0 aliphatic rings. The van der Waals surface area contributed by atoms with Crippen LogP contribution in [0.5, 0.6) is 0 Å². The molecule has 3 aromatic rings. The number of hydrogen-bond donors (Lipinski definition) is 1. The summed E-state index contributed by atoms with van der Waals surface area (Å²) >= 11 is 1.75. The van der Waals surface area contributed by atoms with Crippen LogP contribution in [0, 0.1) is 6.92 Å². The van der Waals surface area contributed by atoms with Crippen LogP contribution in [-0.4, -0.2) is 15.9 Å². The van der Waals surface area contributed by atoms with E-state index in [1.54, 1.807) is 11.3 Å². The Morgan fingerprint density at radius 3 is 3.00 bits per heavy atom. The van der Waals surface area contributed by atoms with Crippen molar-refractivity contribution in [2.45, 2.75) is 26.2 Å². The van der Waals surface area contributed by atoms with Gasteiger partial charge in [-0.3, -0.25) is 4.40 Å². The second-order valence-corrected chi connectivity index (χ2v) is 5.71. The number of aromatic nitrogens is 2. The van der Waals surface area contributed by atoms with Gasteiger partial charge < -0.3 is 5.73 Å². The zero-order valence-corrected chi connectivity index (χ0v) is 11.5. The van der Waals surface area contributed by atoms with Crippen LogP contribution in [0.25, 0.3) is 15.2 Å². The van der Waals surface area contributed by atoms with Crippen LogP contribution < -0.4 is 5.73 Å². The van der Waals surface area contributed by atoms with E-state index < -0.39 is 0 Å². The fourth-order valence-corrected chi connectivity index (χ4v) is 3.52. The van der Waals surface area contributed by atoms with Crippen LogP contribution in [0.4, 0.5) is 0 Å². The molecule has 0 saturated carbocycles. The lowest BCUT2D eigenvalue weighted by molar-refractivity contribution is 0.675. The summed E-state index contributed by atoms with van der Waals surface area (Å²) in [6, 6.07) is 6.66. The van der Waals surface area contributed by atoms with Gasteiger partial charge in [0.15, 0.2) is 4.96 Å². The van der Waals surface area contributed by atoms with Gasteiger partial charge in [-0.2, -0.15) is 0 Å². The van der Waals surface area contributed by atoms with Gasteiger partial charge in [-0.15, -0.1) is 0 Å². The smallest absolute Gasteiger partial charge is 0.194 e. The molecule has 0 radical (unpaired) electrons. The van der Waals surface area contributed by atoms with Crippen molar-refractivity contribution in [2.24, 2.45) is 5.73 Å². The number of benzene rings is 1. The van der Waals surface area contributed by atoms with E-state index in [0.717, 1.165) is 17.1 Å². The van der Waals surface area contributed by atoms with E-state index in [1.165, 1.54) is 15.8 Å². The summed E-state index contributed by atoms with van der Waals surface area (Å²) in [7, 11) is 0. The van der Waals surface area contributed by atoms with E-state index in [1.807, 2.05) is 6.92 Å². The van der Waals surface area contributed by atoms with Crippen molar-refractivity contribution in [1.29, 1.82) is 0 Å². The van der Waals surface area contributed by atoms with Crippen molar-refractivity contribution in [1.82, 2.24) is 9.38 Å². The number of nitrogens with zero attached hydrogens (tertiary/aromatic N) is 2. The van der Waals surface area contributed by atoms with Crippen LogP contribution in [0.15, 0.2) is 24.4 Å². The average molecular weight is 259 g/mol. The summed E-state index contributed by atoms with van der Waals surface area (Å²) in [6.45, 7) is 4.93. The minimum atomic E-state index is 0.463. The highest BCUT2D eigenvalue weighted by Crippen LogP contribution is 2.30. The minimum absolute atomic E-state index is 0.463. The molecule has 2 heterocycles. The van der Waals surface area contributed by atoms with Crippen molar-refractivity contribution in [3.63, 3.8) is 0 Å². The van der Waals surface area contributed by atoms with E-state index >= 15 is 0 Å². The SMILES string of the molecule is CCC(CN)c1ccc2c(c1)sc1nc(C)cn12. The van der Waals surface area contributed by atoms with Gasteiger partial charge in [0.2, 0.25) is 0 Å². The number of nitrogens with two attached hydrogens (primary N) is 1. The molecule has 0 bridgehead atoms. The summed E-state index contributed by atoms with van der Waals surface area (Å²) in [5.41, 5.74) is 9.47. The summed E-state index contributed by atoms with van der Waals surface area (Å²) < 4.78 is 3.46. The third-order valence-electron chi connectivity index (χ3n) is 3.49. The van der Waals surface area contributed by atoms with Crippen molar-refractivity contribution in [3.8, 4) is 0 Å². The first-order chi connectivity index (χ1) is 8.72. The maximum atomic E-state index is 5.82. The van der Waals surface area contributed by atoms with Crippen molar-refractivity contribution in [2.75, 3.05) is 6.54 Å². The monoisotopic (exact) mass is 259 g/mol. The molecule has 0 aliphatic heterocycles. The molecule has 0 saturated heterocycles. The Bertz CT molecular complexity index is 692. The highest BCUT2D eigenvalue weighted by Gasteiger charge is 2.11. The molecule has 0 amide bonds. The number of fused-ring (bicyclic) bond motifs is 3. The predicted molar refractivity (Wildman–Crippen MR) is 77.4 cm³/mol. The molecular formula is C14H17N3S. The molecule has 94 valence electrons. The molecule has 1 atom stereocenters. The standard InChI is InChI=1S/C14H17N3S/c1-3-10(7-15)11-4-5-12-13(6-11)18-14-16-9(2)8-17(12)14/h4-6,8,10H,3,7,15H2,1-2H3. The second kappa shape index (κ2) is 4.37. The van der Waals surface area contributed by atoms with Crippen molar-refractivity contribution in [3.05, 3.63) is 35.7 Å². The molecule has 3 nitrogen and oxygen atoms in total. The van der Waals surface area contributed by atoms with Gasteiger partial charge in [0.25, 0.3) is 0 Å². The normalized spacial score (nSPS) is 13.5. The van der Waals surface area contributed by atoms with Crippen molar-refractivity contribution >= 4 is 26.5 Å². The Kier molecular flexibility index (Phi) is 2.84. The number of hydrogen-bond acceptors (Lipinski definition) is 3.